The molecule has 0 radical (unpaired) electrons. The third kappa shape index (κ3) is 2.38. The molecule has 8 heteroatoms. The molecule has 2 rings (SSSR count). The van der Waals surface area contributed by atoms with Crippen LogP contribution in [0.3, 0.4) is 0 Å². The van der Waals surface area contributed by atoms with Gasteiger partial charge in [0.2, 0.25) is 0 Å². The Bertz CT molecular complexity index is 777. The molecule has 0 unspecified atom stereocenters. The minimum Gasteiger partial charge on any atom is -0.478 e. The number of hydrogen-bond acceptors (Lipinski definition) is 5. The van der Waals surface area contributed by atoms with Crippen molar-refractivity contribution in [1.82, 2.24) is 15.0 Å². The van der Waals surface area contributed by atoms with E-state index in [2.05, 4.69) is 10.3 Å². The monoisotopic (exact) mass is 297 g/mol. The summed E-state index contributed by atoms with van der Waals surface area (Å²) in [4.78, 5) is 11.2. The van der Waals surface area contributed by atoms with Crippen molar-refractivity contribution in [3.05, 3.63) is 23.8 Å². The first-order valence-electron chi connectivity index (χ1n) is 5.88. The number of fused-ring (bicyclic) bond motifs is 1. The lowest BCUT2D eigenvalue weighted by Gasteiger charge is -2.22. The highest BCUT2D eigenvalue weighted by Gasteiger charge is 2.32. The molecule has 20 heavy (non-hydrogen) atoms. The van der Waals surface area contributed by atoms with Gasteiger partial charge in [0.05, 0.1) is 16.9 Å². The Kier molecular flexibility index (Phi) is 3.29. The second-order valence-electron chi connectivity index (χ2n) is 5.26. The maximum absolute atomic E-state index is 11.8. The van der Waals surface area contributed by atoms with Crippen LogP contribution in [0.15, 0.2) is 18.2 Å². The van der Waals surface area contributed by atoms with Crippen LogP contribution in [0.25, 0.3) is 11.0 Å². The molecule has 1 aromatic carbocycles. The number of carboxylic acid groups (broad SMARTS) is 1. The van der Waals surface area contributed by atoms with Crippen LogP contribution < -0.4 is 0 Å². The molecule has 7 nitrogen and oxygen atoms in total. The summed E-state index contributed by atoms with van der Waals surface area (Å²) in [5.41, 5.74) is 0.808. The molecular formula is C12H15N3O4S. The van der Waals surface area contributed by atoms with Gasteiger partial charge in [-0.25, -0.2) is 17.9 Å². The van der Waals surface area contributed by atoms with Crippen molar-refractivity contribution in [3.63, 3.8) is 0 Å². The molecule has 0 fully saturated rings. The van der Waals surface area contributed by atoms with Crippen molar-refractivity contribution in [2.75, 3.05) is 6.26 Å². The van der Waals surface area contributed by atoms with Crippen LogP contribution in [0.5, 0.6) is 0 Å². The Morgan fingerprint density at radius 1 is 1.40 bits per heavy atom. The third-order valence-corrected chi connectivity index (χ3v) is 5.43. The summed E-state index contributed by atoms with van der Waals surface area (Å²) in [5, 5.41) is 17.0. The van der Waals surface area contributed by atoms with Crippen molar-refractivity contribution in [1.29, 1.82) is 0 Å². The molecule has 0 amide bonds. The Morgan fingerprint density at radius 3 is 2.60 bits per heavy atom. The fourth-order valence-electron chi connectivity index (χ4n) is 1.79. The summed E-state index contributed by atoms with van der Waals surface area (Å²) in [6.45, 7) is 3.17. The Morgan fingerprint density at radius 2 is 2.05 bits per heavy atom. The number of benzene rings is 1. The molecule has 0 aliphatic heterocycles. The van der Waals surface area contributed by atoms with Crippen LogP contribution in [0.2, 0.25) is 0 Å². The molecule has 0 aliphatic rings. The Labute approximate surface area is 116 Å². The fraction of sp³-hybridized carbons (Fsp3) is 0.417. The Balaban J connectivity index is 2.60. The van der Waals surface area contributed by atoms with Crippen molar-refractivity contribution in [2.45, 2.75) is 25.1 Å². The Hall–Kier alpha value is -1.96. The second kappa shape index (κ2) is 4.55. The van der Waals surface area contributed by atoms with Gasteiger partial charge in [0.1, 0.15) is 11.0 Å². The highest BCUT2D eigenvalue weighted by Crippen LogP contribution is 2.22. The van der Waals surface area contributed by atoms with E-state index in [1.165, 1.54) is 10.7 Å². The number of para-hydroxylation sites is 1. The van der Waals surface area contributed by atoms with Crippen molar-refractivity contribution < 1.29 is 18.3 Å². The van der Waals surface area contributed by atoms with Crippen LogP contribution in [0.1, 0.15) is 24.2 Å². The standard InChI is InChI=1S/C12H15N3O4S/c1-12(2,20(3,18)19)7-15-10-8(11(16)17)5-4-6-9(10)13-14-15/h4-6H,7H2,1-3H3,(H,16,17). The summed E-state index contributed by atoms with van der Waals surface area (Å²) < 4.78 is 23.8. The van der Waals surface area contributed by atoms with Gasteiger partial charge < -0.3 is 5.11 Å². The summed E-state index contributed by atoms with van der Waals surface area (Å²) in [5.74, 6) is -1.10. The first-order valence-corrected chi connectivity index (χ1v) is 7.78. The highest BCUT2D eigenvalue weighted by atomic mass is 32.2. The summed E-state index contributed by atoms with van der Waals surface area (Å²) in [6, 6.07) is 4.66. The van der Waals surface area contributed by atoms with E-state index in [0.717, 1.165) is 6.26 Å². The average molecular weight is 297 g/mol. The maximum atomic E-state index is 11.8. The highest BCUT2D eigenvalue weighted by molar-refractivity contribution is 7.92. The van der Waals surface area contributed by atoms with Gasteiger partial charge in [-0.3, -0.25) is 0 Å². The van der Waals surface area contributed by atoms with Crippen LogP contribution in [-0.2, 0) is 16.4 Å². The van der Waals surface area contributed by atoms with E-state index < -0.39 is 20.6 Å². The number of nitrogens with zero attached hydrogens (tertiary/aromatic N) is 3. The molecule has 0 saturated carbocycles. The van der Waals surface area contributed by atoms with Crippen LogP contribution in [0.4, 0.5) is 0 Å². The van der Waals surface area contributed by atoms with Gasteiger partial charge in [0.25, 0.3) is 0 Å². The lowest BCUT2D eigenvalue weighted by Crippen LogP contribution is -2.36. The van der Waals surface area contributed by atoms with E-state index in [1.807, 2.05) is 0 Å². The number of hydrogen-bond donors (Lipinski definition) is 1. The van der Waals surface area contributed by atoms with E-state index in [1.54, 1.807) is 26.0 Å². The molecule has 0 atom stereocenters. The molecule has 108 valence electrons. The molecule has 2 aromatic rings. The average Bonchev–Trinajstić information content (AvgIpc) is 2.70. The number of rotatable bonds is 4. The lowest BCUT2D eigenvalue weighted by molar-refractivity contribution is 0.0698. The number of aromatic carboxylic acids is 1. The topological polar surface area (TPSA) is 102 Å². The molecule has 0 spiro atoms. The molecule has 0 saturated heterocycles. The van der Waals surface area contributed by atoms with Gasteiger partial charge in [-0.15, -0.1) is 5.10 Å². The first kappa shape index (κ1) is 14.4. The molecule has 1 N–H and O–H groups in total. The van der Waals surface area contributed by atoms with E-state index in [-0.39, 0.29) is 12.1 Å². The van der Waals surface area contributed by atoms with Gasteiger partial charge in [-0.05, 0) is 26.0 Å². The molecule has 0 aliphatic carbocycles. The van der Waals surface area contributed by atoms with Crippen molar-refractivity contribution in [2.24, 2.45) is 0 Å². The van der Waals surface area contributed by atoms with Gasteiger partial charge >= 0.3 is 5.97 Å². The largest absolute Gasteiger partial charge is 0.478 e. The van der Waals surface area contributed by atoms with Crippen LogP contribution in [0, 0.1) is 0 Å². The maximum Gasteiger partial charge on any atom is 0.337 e. The van der Waals surface area contributed by atoms with Crippen LogP contribution in [-0.4, -0.2) is 45.5 Å². The number of carbonyl (C=O) groups is 1. The molecule has 1 heterocycles. The smallest absolute Gasteiger partial charge is 0.337 e. The van der Waals surface area contributed by atoms with E-state index in [0.29, 0.717) is 11.0 Å². The van der Waals surface area contributed by atoms with Gasteiger partial charge in [-0.2, -0.15) is 0 Å². The molecular weight excluding hydrogens is 282 g/mol. The zero-order valence-electron chi connectivity index (χ0n) is 11.4. The number of carboxylic acids is 1. The minimum absolute atomic E-state index is 0.0344. The fourth-order valence-corrected chi connectivity index (χ4v) is 2.15. The predicted octanol–water partition coefficient (Wildman–Crippen LogP) is 0.953. The van der Waals surface area contributed by atoms with Crippen LogP contribution >= 0.6 is 0 Å². The third-order valence-electron chi connectivity index (χ3n) is 3.30. The zero-order chi connectivity index (χ0) is 15.1. The normalized spacial score (nSPS) is 12.8. The summed E-state index contributed by atoms with van der Waals surface area (Å²) in [6.07, 6.45) is 1.14. The molecule has 1 aromatic heterocycles. The molecule has 0 bridgehead atoms. The van der Waals surface area contributed by atoms with Gasteiger partial charge in [0.15, 0.2) is 9.84 Å². The zero-order valence-corrected chi connectivity index (χ0v) is 12.2. The first-order chi connectivity index (χ1) is 9.13. The summed E-state index contributed by atoms with van der Waals surface area (Å²) >= 11 is 0. The van der Waals surface area contributed by atoms with E-state index in [9.17, 15) is 18.3 Å². The SMILES string of the molecule is CC(C)(Cn1nnc2cccc(C(=O)O)c21)S(C)(=O)=O. The van der Waals surface area contributed by atoms with Crippen molar-refractivity contribution >= 4 is 26.8 Å². The summed E-state index contributed by atoms with van der Waals surface area (Å²) in [7, 11) is -3.32. The van der Waals surface area contributed by atoms with Gasteiger partial charge in [-0.1, -0.05) is 11.3 Å². The van der Waals surface area contributed by atoms with Gasteiger partial charge in [0, 0.05) is 6.26 Å². The van der Waals surface area contributed by atoms with Crippen molar-refractivity contribution in [3.8, 4) is 0 Å². The van der Waals surface area contributed by atoms with E-state index >= 15 is 0 Å². The number of aromatic nitrogens is 3. The quantitative estimate of drug-likeness (QED) is 0.901. The second-order valence-corrected chi connectivity index (χ2v) is 7.91. The predicted molar refractivity (Wildman–Crippen MR) is 73.4 cm³/mol. The van der Waals surface area contributed by atoms with E-state index in [4.69, 9.17) is 0 Å². The number of sulfone groups is 1. The minimum atomic E-state index is -3.32. The lowest BCUT2D eigenvalue weighted by atomic mass is 10.1.